The average molecular weight is 372 g/mol. The maximum absolute atomic E-state index is 13.3. The van der Waals surface area contributed by atoms with Crippen LogP contribution in [0.5, 0.6) is 11.5 Å². The van der Waals surface area contributed by atoms with Crippen molar-refractivity contribution in [3.05, 3.63) is 18.2 Å². The molecule has 0 bridgehead atoms. The fourth-order valence-electron chi connectivity index (χ4n) is 2.98. The van der Waals surface area contributed by atoms with Gasteiger partial charge in [0.25, 0.3) is 0 Å². The number of carboxylic acid groups (broad SMARTS) is 1. The number of likely N-dealkylation sites (tertiary alicyclic amines) is 1. The molecular weight excluding hydrogens is 348 g/mol. The van der Waals surface area contributed by atoms with Gasteiger partial charge in [0, 0.05) is 31.7 Å². The second-order valence-corrected chi connectivity index (χ2v) is 7.66. The smallest absolute Gasteiger partial charge is 0.407 e. The van der Waals surface area contributed by atoms with E-state index in [1.807, 2.05) is 6.92 Å². The molecule has 2 rings (SSSR count). The van der Waals surface area contributed by atoms with Crippen LogP contribution in [0.4, 0.5) is 4.79 Å². The van der Waals surface area contributed by atoms with Crippen molar-refractivity contribution in [2.24, 2.45) is 0 Å². The molecule has 0 radical (unpaired) electrons. The van der Waals surface area contributed by atoms with E-state index in [1.54, 1.807) is 12.1 Å². The molecule has 0 spiro atoms. The second-order valence-electron chi connectivity index (χ2n) is 5.80. The lowest BCUT2D eigenvalue weighted by Gasteiger charge is -2.28. The molecule has 1 N–H and O–H groups in total. The molecule has 0 saturated carbocycles. The first kappa shape index (κ1) is 19.3. The van der Waals surface area contributed by atoms with Gasteiger partial charge >= 0.3 is 6.09 Å². The Morgan fingerprint density at radius 3 is 2.60 bits per heavy atom. The summed E-state index contributed by atoms with van der Waals surface area (Å²) >= 11 is 0. The van der Waals surface area contributed by atoms with Crippen molar-refractivity contribution in [3.8, 4) is 11.5 Å². The Kier molecular flexibility index (Phi) is 6.12. The topological polar surface area (TPSA) is 96.4 Å². The molecule has 0 aliphatic carbocycles. The molecule has 1 aromatic rings. The molecule has 25 heavy (non-hydrogen) atoms. The van der Waals surface area contributed by atoms with E-state index in [0.717, 1.165) is 0 Å². The molecule has 1 saturated heterocycles. The predicted octanol–water partition coefficient (Wildman–Crippen LogP) is 1.86. The number of methoxy groups -OCH3 is 2. The van der Waals surface area contributed by atoms with Gasteiger partial charge in [0.15, 0.2) is 0 Å². The van der Waals surface area contributed by atoms with Crippen LogP contribution in [0.25, 0.3) is 0 Å². The lowest BCUT2D eigenvalue weighted by atomic mass is 10.2. The van der Waals surface area contributed by atoms with E-state index in [9.17, 15) is 13.2 Å². The molecule has 9 heteroatoms. The zero-order valence-electron chi connectivity index (χ0n) is 14.6. The van der Waals surface area contributed by atoms with Crippen molar-refractivity contribution in [2.45, 2.75) is 30.7 Å². The maximum atomic E-state index is 13.3. The summed E-state index contributed by atoms with van der Waals surface area (Å²) in [6.45, 7) is 2.68. The molecular formula is C16H24N2O6S. The van der Waals surface area contributed by atoms with E-state index in [2.05, 4.69) is 0 Å². The van der Waals surface area contributed by atoms with Crippen molar-refractivity contribution >= 4 is 16.1 Å². The number of hydrogen-bond donors (Lipinski definition) is 1. The zero-order chi connectivity index (χ0) is 18.6. The van der Waals surface area contributed by atoms with Crippen LogP contribution in [0.3, 0.4) is 0 Å². The van der Waals surface area contributed by atoms with Crippen LogP contribution in [-0.2, 0) is 10.0 Å². The highest BCUT2D eigenvalue weighted by molar-refractivity contribution is 7.89. The van der Waals surface area contributed by atoms with Gasteiger partial charge in [-0.1, -0.05) is 6.92 Å². The number of ether oxygens (including phenoxy) is 2. The SMILES string of the molecule is CCCN([C@@H]1CCN(C(=O)O)C1)S(=O)(=O)c1cc(OC)ccc1OC. The first-order chi connectivity index (χ1) is 11.8. The number of sulfonamides is 1. The Bertz CT molecular complexity index is 721. The summed E-state index contributed by atoms with van der Waals surface area (Å²) < 4.78 is 38.3. The third kappa shape index (κ3) is 3.98. The van der Waals surface area contributed by atoms with Crippen LogP contribution in [0.2, 0.25) is 0 Å². The lowest BCUT2D eigenvalue weighted by molar-refractivity contribution is 0.153. The molecule has 0 unspecified atom stereocenters. The zero-order valence-corrected chi connectivity index (χ0v) is 15.5. The van der Waals surface area contributed by atoms with Gasteiger partial charge in [-0.3, -0.25) is 0 Å². The van der Waals surface area contributed by atoms with E-state index >= 15 is 0 Å². The monoisotopic (exact) mass is 372 g/mol. The predicted molar refractivity (Wildman–Crippen MR) is 91.7 cm³/mol. The van der Waals surface area contributed by atoms with Gasteiger partial charge in [0.2, 0.25) is 10.0 Å². The lowest BCUT2D eigenvalue weighted by Crippen LogP contribution is -2.43. The normalized spacial score (nSPS) is 17.8. The van der Waals surface area contributed by atoms with Crippen molar-refractivity contribution in [3.63, 3.8) is 0 Å². The third-order valence-corrected chi connectivity index (χ3v) is 6.22. The standard InChI is InChI=1S/C16H24N2O6S/c1-4-8-18(12-7-9-17(11-12)16(19)20)25(21,22)15-10-13(23-2)5-6-14(15)24-3/h5-6,10,12H,4,7-9,11H2,1-3H3,(H,19,20)/t12-/m1/s1. The van der Waals surface area contributed by atoms with Crippen molar-refractivity contribution < 1.29 is 27.8 Å². The Morgan fingerprint density at radius 1 is 1.36 bits per heavy atom. The number of rotatable bonds is 7. The van der Waals surface area contributed by atoms with Gasteiger partial charge in [-0.2, -0.15) is 4.31 Å². The van der Waals surface area contributed by atoms with E-state index in [-0.39, 0.29) is 17.2 Å². The quantitative estimate of drug-likeness (QED) is 0.785. The van der Waals surface area contributed by atoms with Gasteiger partial charge in [-0.25, -0.2) is 13.2 Å². The van der Waals surface area contributed by atoms with Crippen LogP contribution in [-0.4, -0.2) is 68.7 Å². The van der Waals surface area contributed by atoms with E-state index in [0.29, 0.717) is 31.7 Å². The van der Waals surface area contributed by atoms with Crippen molar-refractivity contribution in [1.29, 1.82) is 0 Å². The first-order valence-electron chi connectivity index (χ1n) is 8.06. The molecule has 1 heterocycles. The van der Waals surface area contributed by atoms with E-state index in [1.165, 1.54) is 29.5 Å². The fourth-order valence-corrected chi connectivity index (χ4v) is 4.89. The summed E-state index contributed by atoms with van der Waals surface area (Å²) in [5.74, 6) is 0.643. The summed E-state index contributed by atoms with van der Waals surface area (Å²) in [4.78, 5) is 12.4. The summed E-state index contributed by atoms with van der Waals surface area (Å²) in [5, 5.41) is 9.13. The molecule has 0 aromatic heterocycles. The Labute approximate surface area is 148 Å². The van der Waals surface area contributed by atoms with Crippen LogP contribution >= 0.6 is 0 Å². The highest BCUT2D eigenvalue weighted by atomic mass is 32.2. The molecule has 1 aliphatic rings. The molecule has 140 valence electrons. The molecule has 1 atom stereocenters. The number of benzene rings is 1. The van der Waals surface area contributed by atoms with Crippen LogP contribution in [0.1, 0.15) is 19.8 Å². The number of hydrogen-bond acceptors (Lipinski definition) is 5. The minimum atomic E-state index is -3.86. The van der Waals surface area contributed by atoms with Gasteiger partial charge in [-0.15, -0.1) is 0 Å². The van der Waals surface area contributed by atoms with Gasteiger partial charge in [0.05, 0.1) is 14.2 Å². The second kappa shape index (κ2) is 7.92. The molecule has 1 amide bonds. The van der Waals surface area contributed by atoms with Gasteiger partial charge in [-0.05, 0) is 25.0 Å². The van der Waals surface area contributed by atoms with Gasteiger partial charge in [0.1, 0.15) is 16.4 Å². The number of carbonyl (C=O) groups is 1. The fraction of sp³-hybridized carbons (Fsp3) is 0.562. The van der Waals surface area contributed by atoms with Crippen molar-refractivity contribution in [2.75, 3.05) is 33.9 Å². The molecule has 1 fully saturated rings. The van der Waals surface area contributed by atoms with Crippen molar-refractivity contribution in [1.82, 2.24) is 9.21 Å². The van der Waals surface area contributed by atoms with Crippen LogP contribution < -0.4 is 9.47 Å². The van der Waals surface area contributed by atoms with Crippen LogP contribution in [0.15, 0.2) is 23.1 Å². The Balaban J connectivity index is 2.42. The minimum Gasteiger partial charge on any atom is -0.497 e. The summed E-state index contributed by atoms with van der Waals surface area (Å²) in [6.07, 6.45) is 0.0581. The summed E-state index contributed by atoms with van der Waals surface area (Å²) in [6, 6.07) is 4.22. The number of nitrogens with zero attached hydrogens (tertiary/aromatic N) is 2. The Morgan fingerprint density at radius 2 is 2.08 bits per heavy atom. The molecule has 1 aliphatic heterocycles. The van der Waals surface area contributed by atoms with E-state index in [4.69, 9.17) is 14.6 Å². The maximum Gasteiger partial charge on any atom is 0.407 e. The largest absolute Gasteiger partial charge is 0.497 e. The number of amides is 1. The summed E-state index contributed by atoms with van der Waals surface area (Å²) in [7, 11) is -0.991. The van der Waals surface area contributed by atoms with Crippen LogP contribution in [0, 0.1) is 0 Å². The summed E-state index contributed by atoms with van der Waals surface area (Å²) in [5.41, 5.74) is 0. The Hall–Kier alpha value is -2.00. The average Bonchev–Trinajstić information content (AvgIpc) is 3.08. The van der Waals surface area contributed by atoms with E-state index < -0.39 is 22.2 Å². The molecule has 1 aromatic carbocycles. The third-order valence-electron chi connectivity index (χ3n) is 4.24. The van der Waals surface area contributed by atoms with Gasteiger partial charge < -0.3 is 19.5 Å². The molecule has 8 nitrogen and oxygen atoms in total. The minimum absolute atomic E-state index is 0.0246. The first-order valence-corrected chi connectivity index (χ1v) is 9.50. The highest BCUT2D eigenvalue weighted by Gasteiger charge is 2.38. The highest BCUT2D eigenvalue weighted by Crippen LogP contribution is 2.33.